The van der Waals surface area contributed by atoms with Gasteiger partial charge in [0.25, 0.3) is 0 Å². The van der Waals surface area contributed by atoms with Gasteiger partial charge in [-0.15, -0.1) is 0 Å². The van der Waals surface area contributed by atoms with E-state index < -0.39 is 0 Å². The van der Waals surface area contributed by atoms with Crippen LogP contribution in [0.15, 0.2) is 66.7 Å². The molecule has 0 fully saturated rings. The molecule has 0 unspecified atom stereocenters. The van der Waals surface area contributed by atoms with Gasteiger partial charge in [0.15, 0.2) is 0 Å². The van der Waals surface area contributed by atoms with Crippen molar-refractivity contribution in [2.24, 2.45) is 0 Å². The van der Waals surface area contributed by atoms with Crippen molar-refractivity contribution < 1.29 is 9.53 Å². The molecule has 1 amide bonds. The molecule has 3 rings (SSSR count). The van der Waals surface area contributed by atoms with Gasteiger partial charge in [0.05, 0.1) is 13.7 Å². The summed E-state index contributed by atoms with van der Waals surface area (Å²) in [4.78, 5) is 14.2. The van der Waals surface area contributed by atoms with Crippen LogP contribution in [0.4, 0.5) is 11.4 Å². The first-order chi connectivity index (χ1) is 11.7. The van der Waals surface area contributed by atoms with E-state index in [0.29, 0.717) is 0 Å². The number of anilines is 2. The molecule has 0 saturated heterocycles. The maximum atomic E-state index is 12.2. The molecule has 4 nitrogen and oxygen atoms in total. The molecule has 0 aliphatic heterocycles. The normalized spacial score (nSPS) is 10.4. The number of ether oxygens (including phenoxy) is 1. The molecule has 0 aliphatic rings. The number of hydrogen-bond donors (Lipinski definition) is 1. The zero-order chi connectivity index (χ0) is 16.9. The Balaban J connectivity index is 1.65. The summed E-state index contributed by atoms with van der Waals surface area (Å²) in [7, 11) is 3.53. The maximum Gasteiger partial charge on any atom is 0.243 e. The van der Waals surface area contributed by atoms with Crippen molar-refractivity contribution in [2.75, 3.05) is 30.9 Å². The number of rotatable bonds is 5. The molecule has 0 aromatic heterocycles. The number of methoxy groups -OCH3 is 1. The molecule has 0 aliphatic carbocycles. The van der Waals surface area contributed by atoms with Crippen LogP contribution >= 0.6 is 0 Å². The van der Waals surface area contributed by atoms with Crippen LogP contribution in [-0.4, -0.2) is 26.6 Å². The highest BCUT2D eigenvalue weighted by molar-refractivity contribution is 5.94. The van der Waals surface area contributed by atoms with Crippen molar-refractivity contribution in [1.82, 2.24) is 0 Å². The third-order valence-corrected chi connectivity index (χ3v) is 3.93. The van der Waals surface area contributed by atoms with Gasteiger partial charge in [-0.25, -0.2) is 0 Å². The monoisotopic (exact) mass is 320 g/mol. The van der Waals surface area contributed by atoms with Crippen molar-refractivity contribution in [3.63, 3.8) is 0 Å². The van der Waals surface area contributed by atoms with Crippen molar-refractivity contribution in [2.45, 2.75) is 0 Å². The van der Waals surface area contributed by atoms with E-state index in [0.717, 1.165) is 22.5 Å². The molecule has 0 saturated carbocycles. The van der Waals surface area contributed by atoms with E-state index in [-0.39, 0.29) is 12.5 Å². The number of likely N-dealkylation sites (N-methyl/N-ethyl adjacent to an activating group) is 1. The highest BCUT2D eigenvalue weighted by atomic mass is 16.5. The average Bonchev–Trinajstić information content (AvgIpc) is 2.61. The van der Waals surface area contributed by atoms with Crippen molar-refractivity contribution in [3.8, 4) is 5.75 Å². The summed E-state index contributed by atoms with van der Waals surface area (Å²) in [6.45, 7) is 0.282. The van der Waals surface area contributed by atoms with Crippen LogP contribution < -0.4 is 15.0 Å². The SMILES string of the molecule is COc1ccc(NC(=O)CN(C)c2ccc3ccccc3c2)cc1. The third-order valence-electron chi connectivity index (χ3n) is 3.93. The van der Waals surface area contributed by atoms with Gasteiger partial charge in [0, 0.05) is 18.4 Å². The number of nitrogens with zero attached hydrogens (tertiary/aromatic N) is 1. The Morgan fingerprint density at radius 3 is 2.42 bits per heavy atom. The van der Waals surface area contributed by atoms with Crippen LogP contribution in [0.2, 0.25) is 0 Å². The number of amides is 1. The molecule has 0 atom stereocenters. The van der Waals surface area contributed by atoms with Crippen LogP contribution in [0, 0.1) is 0 Å². The molecule has 122 valence electrons. The smallest absolute Gasteiger partial charge is 0.243 e. The molecular formula is C20H20N2O2. The van der Waals surface area contributed by atoms with E-state index in [2.05, 4.69) is 29.6 Å². The van der Waals surface area contributed by atoms with Crippen molar-refractivity contribution >= 4 is 28.1 Å². The van der Waals surface area contributed by atoms with Crippen LogP contribution in [0.3, 0.4) is 0 Å². The lowest BCUT2D eigenvalue weighted by Gasteiger charge is -2.19. The topological polar surface area (TPSA) is 41.6 Å². The van der Waals surface area contributed by atoms with E-state index in [4.69, 9.17) is 4.74 Å². The van der Waals surface area contributed by atoms with Crippen LogP contribution in [0.5, 0.6) is 5.75 Å². The van der Waals surface area contributed by atoms with E-state index in [9.17, 15) is 4.79 Å². The highest BCUT2D eigenvalue weighted by Crippen LogP contribution is 2.21. The summed E-state index contributed by atoms with van der Waals surface area (Å²) >= 11 is 0. The molecule has 4 heteroatoms. The van der Waals surface area contributed by atoms with E-state index in [1.807, 2.05) is 54.4 Å². The molecule has 0 heterocycles. The lowest BCUT2D eigenvalue weighted by Crippen LogP contribution is -2.30. The number of carbonyl (C=O) groups is 1. The molecule has 0 bridgehead atoms. The Labute approximate surface area is 141 Å². The predicted molar refractivity (Wildman–Crippen MR) is 98.8 cm³/mol. The largest absolute Gasteiger partial charge is 0.497 e. The first-order valence-electron chi connectivity index (χ1n) is 7.79. The zero-order valence-electron chi connectivity index (χ0n) is 13.8. The minimum Gasteiger partial charge on any atom is -0.497 e. The Hall–Kier alpha value is -3.01. The van der Waals surface area contributed by atoms with Gasteiger partial charge in [-0.3, -0.25) is 4.79 Å². The number of nitrogens with one attached hydrogen (secondary N) is 1. The fourth-order valence-electron chi connectivity index (χ4n) is 2.60. The lowest BCUT2D eigenvalue weighted by atomic mass is 10.1. The van der Waals surface area contributed by atoms with Gasteiger partial charge < -0.3 is 15.0 Å². The van der Waals surface area contributed by atoms with Crippen molar-refractivity contribution in [1.29, 1.82) is 0 Å². The Morgan fingerprint density at radius 2 is 1.71 bits per heavy atom. The fourth-order valence-corrected chi connectivity index (χ4v) is 2.60. The fraction of sp³-hybridized carbons (Fsp3) is 0.150. The van der Waals surface area contributed by atoms with Crippen LogP contribution in [0.25, 0.3) is 10.8 Å². The summed E-state index contributed by atoms with van der Waals surface area (Å²) in [5, 5.41) is 5.25. The Bertz CT molecular complexity index is 844. The lowest BCUT2D eigenvalue weighted by molar-refractivity contribution is -0.114. The quantitative estimate of drug-likeness (QED) is 0.774. The predicted octanol–water partition coefficient (Wildman–Crippen LogP) is 3.92. The molecular weight excluding hydrogens is 300 g/mol. The molecule has 0 radical (unpaired) electrons. The standard InChI is InChI=1S/C20H20N2O2/c1-22(18-10-7-15-5-3-4-6-16(15)13-18)14-20(23)21-17-8-11-19(24-2)12-9-17/h3-13H,14H2,1-2H3,(H,21,23). The van der Waals surface area contributed by atoms with E-state index >= 15 is 0 Å². The summed E-state index contributed by atoms with van der Waals surface area (Å²) in [5.74, 6) is 0.706. The number of carbonyl (C=O) groups excluding carboxylic acids is 1. The number of benzene rings is 3. The van der Waals surface area contributed by atoms with Gasteiger partial charge in [-0.2, -0.15) is 0 Å². The minimum atomic E-state index is -0.0594. The van der Waals surface area contributed by atoms with E-state index in [1.54, 1.807) is 7.11 Å². The molecule has 3 aromatic carbocycles. The second-order valence-corrected chi connectivity index (χ2v) is 5.66. The average molecular weight is 320 g/mol. The van der Waals surface area contributed by atoms with Crippen LogP contribution in [-0.2, 0) is 4.79 Å². The van der Waals surface area contributed by atoms with Gasteiger partial charge in [0.1, 0.15) is 5.75 Å². The second kappa shape index (κ2) is 7.04. The van der Waals surface area contributed by atoms with Gasteiger partial charge in [-0.05, 0) is 47.2 Å². The Morgan fingerprint density at radius 1 is 1.00 bits per heavy atom. The summed E-state index contributed by atoms with van der Waals surface area (Å²) in [5.41, 5.74) is 1.77. The summed E-state index contributed by atoms with van der Waals surface area (Å²) in [6.07, 6.45) is 0. The zero-order valence-corrected chi connectivity index (χ0v) is 13.8. The Kier molecular flexibility index (Phi) is 4.66. The van der Waals surface area contributed by atoms with Gasteiger partial charge in [0.2, 0.25) is 5.91 Å². The highest BCUT2D eigenvalue weighted by Gasteiger charge is 2.08. The number of fused-ring (bicyclic) bond motifs is 1. The van der Waals surface area contributed by atoms with E-state index in [1.165, 1.54) is 5.39 Å². The first kappa shape index (κ1) is 15.9. The van der Waals surface area contributed by atoms with Crippen LogP contribution in [0.1, 0.15) is 0 Å². The summed E-state index contributed by atoms with van der Waals surface area (Å²) < 4.78 is 5.11. The molecule has 3 aromatic rings. The van der Waals surface area contributed by atoms with Gasteiger partial charge >= 0.3 is 0 Å². The van der Waals surface area contributed by atoms with Crippen molar-refractivity contribution in [3.05, 3.63) is 66.7 Å². The summed E-state index contributed by atoms with van der Waals surface area (Å²) in [6, 6.07) is 21.7. The number of hydrogen-bond acceptors (Lipinski definition) is 3. The molecule has 1 N–H and O–H groups in total. The maximum absolute atomic E-state index is 12.2. The third kappa shape index (κ3) is 3.66. The first-order valence-corrected chi connectivity index (χ1v) is 7.79. The molecule has 24 heavy (non-hydrogen) atoms. The second-order valence-electron chi connectivity index (χ2n) is 5.66. The van der Waals surface area contributed by atoms with Gasteiger partial charge in [-0.1, -0.05) is 30.3 Å². The minimum absolute atomic E-state index is 0.0594. The molecule has 0 spiro atoms.